The highest BCUT2D eigenvalue weighted by atomic mass is 19.1. The Bertz CT molecular complexity index is 632. The fourth-order valence-corrected chi connectivity index (χ4v) is 1.64. The highest BCUT2D eigenvalue weighted by molar-refractivity contribution is 5.40. The van der Waals surface area contributed by atoms with Gasteiger partial charge in [-0.2, -0.15) is 5.26 Å². The molecule has 0 saturated carbocycles. The van der Waals surface area contributed by atoms with Crippen LogP contribution in [0, 0.1) is 17.1 Å². The van der Waals surface area contributed by atoms with Gasteiger partial charge in [0, 0.05) is 6.04 Å². The average Bonchev–Trinajstić information content (AvgIpc) is 2.41. The molecule has 4 heteroatoms. The van der Waals surface area contributed by atoms with E-state index in [1.807, 2.05) is 6.07 Å². The zero-order chi connectivity index (χ0) is 13.8. The summed E-state index contributed by atoms with van der Waals surface area (Å²) in [6, 6.07) is 12.9. The van der Waals surface area contributed by atoms with Crippen LogP contribution in [-0.4, -0.2) is 0 Å². The van der Waals surface area contributed by atoms with Gasteiger partial charge in [-0.05, 0) is 42.8 Å². The summed E-state index contributed by atoms with van der Waals surface area (Å²) in [4.78, 5) is 0. The molecular formula is C15H13FN2O. The van der Waals surface area contributed by atoms with E-state index >= 15 is 0 Å². The van der Waals surface area contributed by atoms with E-state index < -0.39 is 5.82 Å². The van der Waals surface area contributed by atoms with Crippen molar-refractivity contribution in [3.8, 4) is 17.6 Å². The minimum Gasteiger partial charge on any atom is -0.454 e. The predicted octanol–water partition coefficient (Wildman–Crippen LogP) is 3.51. The van der Waals surface area contributed by atoms with E-state index in [2.05, 4.69) is 0 Å². The van der Waals surface area contributed by atoms with Crippen molar-refractivity contribution in [2.45, 2.75) is 13.0 Å². The van der Waals surface area contributed by atoms with E-state index in [1.54, 1.807) is 37.3 Å². The highest BCUT2D eigenvalue weighted by Gasteiger charge is 2.08. The molecule has 2 aromatic carbocycles. The number of hydrogen-bond donors (Lipinski definition) is 1. The first kappa shape index (κ1) is 13.1. The van der Waals surface area contributed by atoms with Gasteiger partial charge in [0.1, 0.15) is 5.75 Å². The Balaban J connectivity index is 2.26. The minimum absolute atomic E-state index is 0.111. The van der Waals surface area contributed by atoms with Crippen molar-refractivity contribution in [1.82, 2.24) is 0 Å². The van der Waals surface area contributed by atoms with Gasteiger partial charge in [-0.15, -0.1) is 0 Å². The highest BCUT2D eigenvalue weighted by Crippen LogP contribution is 2.26. The second-order valence-electron chi connectivity index (χ2n) is 4.22. The first-order chi connectivity index (χ1) is 9.10. The predicted molar refractivity (Wildman–Crippen MR) is 70.2 cm³/mol. The Morgan fingerprint density at radius 3 is 2.68 bits per heavy atom. The number of nitrogens with zero attached hydrogens (tertiary/aromatic N) is 1. The van der Waals surface area contributed by atoms with Crippen molar-refractivity contribution in [3.63, 3.8) is 0 Å². The van der Waals surface area contributed by atoms with Gasteiger partial charge >= 0.3 is 0 Å². The largest absolute Gasteiger partial charge is 0.454 e. The summed E-state index contributed by atoms with van der Waals surface area (Å²) < 4.78 is 19.3. The zero-order valence-corrected chi connectivity index (χ0v) is 10.4. The lowest BCUT2D eigenvalue weighted by Gasteiger charge is -2.10. The molecule has 19 heavy (non-hydrogen) atoms. The third-order valence-electron chi connectivity index (χ3n) is 2.67. The molecule has 0 aliphatic carbocycles. The maximum atomic E-state index is 13.8. The van der Waals surface area contributed by atoms with E-state index in [0.29, 0.717) is 16.9 Å². The summed E-state index contributed by atoms with van der Waals surface area (Å²) in [5, 5.41) is 8.79. The van der Waals surface area contributed by atoms with Gasteiger partial charge in [0.2, 0.25) is 0 Å². The molecule has 0 fully saturated rings. The molecule has 0 amide bonds. The van der Waals surface area contributed by atoms with Gasteiger partial charge in [0.15, 0.2) is 11.6 Å². The molecule has 0 bridgehead atoms. The Hall–Kier alpha value is -2.38. The van der Waals surface area contributed by atoms with Crippen LogP contribution in [0.5, 0.6) is 11.5 Å². The third-order valence-corrected chi connectivity index (χ3v) is 2.67. The molecule has 2 aromatic rings. The quantitative estimate of drug-likeness (QED) is 0.914. The van der Waals surface area contributed by atoms with Crippen LogP contribution in [0.3, 0.4) is 0 Å². The number of nitriles is 1. The molecule has 0 saturated heterocycles. The number of hydrogen-bond acceptors (Lipinski definition) is 3. The SMILES string of the molecule is CC(N)c1ccc(Oc2cccc(C#N)c2)c(F)c1. The molecular weight excluding hydrogens is 243 g/mol. The molecule has 3 nitrogen and oxygen atoms in total. The summed E-state index contributed by atoms with van der Waals surface area (Å²) in [6.45, 7) is 1.78. The maximum absolute atomic E-state index is 13.8. The van der Waals surface area contributed by atoms with Gasteiger partial charge in [-0.3, -0.25) is 0 Å². The van der Waals surface area contributed by atoms with Crippen molar-refractivity contribution in [2.24, 2.45) is 5.73 Å². The number of halogens is 1. The number of ether oxygens (including phenoxy) is 1. The Kier molecular flexibility index (Phi) is 3.79. The van der Waals surface area contributed by atoms with Crippen LogP contribution in [0.15, 0.2) is 42.5 Å². The Labute approximate surface area is 111 Å². The van der Waals surface area contributed by atoms with E-state index in [-0.39, 0.29) is 11.8 Å². The molecule has 96 valence electrons. The molecule has 1 atom stereocenters. The minimum atomic E-state index is -0.475. The van der Waals surface area contributed by atoms with Gasteiger partial charge in [0.05, 0.1) is 11.6 Å². The van der Waals surface area contributed by atoms with Gasteiger partial charge < -0.3 is 10.5 Å². The van der Waals surface area contributed by atoms with E-state index in [4.69, 9.17) is 15.7 Å². The van der Waals surface area contributed by atoms with Crippen molar-refractivity contribution >= 4 is 0 Å². The lowest BCUT2D eigenvalue weighted by atomic mass is 10.1. The molecule has 1 unspecified atom stereocenters. The van der Waals surface area contributed by atoms with Crippen LogP contribution in [0.25, 0.3) is 0 Å². The normalized spacial score (nSPS) is 11.7. The molecule has 2 rings (SSSR count). The van der Waals surface area contributed by atoms with Crippen LogP contribution in [0.2, 0.25) is 0 Å². The van der Waals surface area contributed by atoms with E-state index in [1.165, 1.54) is 12.1 Å². The molecule has 0 aromatic heterocycles. The van der Waals surface area contributed by atoms with Crippen molar-refractivity contribution in [2.75, 3.05) is 0 Å². The zero-order valence-electron chi connectivity index (χ0n) is 10.4. The van der Waals surface area contributed by atoms with E-state index in [0.717, 1.165) is 0 Å². The summed E-state index contributed by atoms with van der Waals surface area (Å²) in [5.41, 5.74) is 6.85. The number of nitrogens with two attached hydrogens (primary N) is 1. The first-order valence-electron chi connectivity index (χ1n) is 5.83. The lowest BCUT2D eigenvalue weighted by Crippen LogP contribution is -2.05. The van der Waals surface area contributed by atoms with Gasteiger partial charge in [0.25, 0.3) is 0 Å². The van der Waals surface area contributed by atoms with Crippen LogP contribution >= 0.6 is 0 Å². The van der Waals surface area contributed by atoms with Gasteiger partial charge in [-0.1, -0.05) is 12.1 Å². The first-order valence-corrected chi connectivity index (χ1v) is 5.83. The summed E-state index contributed by atoms with van der Waals surface area (Å²) in [6.07, 6.45) is 0. The van der Waals surface area contributed by atoms with Crippen LogP contribution in [-0.2, 0) is 0 Å². The second kappa shape index (κ2) is 5.51. The number of benzene rings is 2. The Morgan fingerprint density at radius 1 is 1.26 bits per heavy atom. The molecule has 0 spiro atoms. The van der Waals surface area contributed by atoms with E-state index in [9.17, 15) is 4.39 Å². The van der Waals surface area contributed by atoms with Crippen molar-refractivity contribution in [3.05, 3.63) is 59.4 Å². The summed E-state index contributed by atoms with van der Waals surface area (Å²) in [5.74, 6) is 0.0585. The Morgan fingerprint density at radius 2 is 2.05 bits per heavy atom. The molecule has 0 radical (unpaired) electrons. The van der Waals surface area contributed by atoms with Gasteiger partial charge in [-0.25, -0.2) is 4.39 Å². The molecule has 2 N–H and O–H groups in total. The second-order valence-corrected chi connectivity index (χ2v) is 4.22. The fourth-order valence-electron chi connectivity index (χ4n) is 1.64. The summed E-state index contributed by atoms with van der Waals surface area (Å²) in [7, 11) is 0. The smallest absolute Gasteiger partial charge is 0.166 e. The molecule has 0 aliphatic heterocycles. The monoisotopic (exact) mass is 256 g/mol. The topological polar surface area (TPSA) is 59.0 Å². The summed E-state index contributed by atoms with van der Waals surface area (Å²) >= 11 is 0. The molecule has 0 aliphatic rings. The maximum Gasteiger partial charge on any atom is 0.166 e. The molecule has 0 heterocycles. The van der Waals surface area contributed by atoms with Crippen LogP contribution in [0.4, 0.5) is 4.39 Å². The fraction of sp³-hybridized carbons (Fsp3) is 0.133. The van der Waals surface area contributed by atoms with Crippen molar-refractivity contribution in [1.29, 1.82) is 5.26 Å². The van der Waals surface area contributed by atoms with Crippen molar-refractivity contribution < 1.29 is 9.13 Å². The third kappa shape index (κ3) is 3.09. The lowest BCUT2D eigenvalue weighted by molar-refractivity contribution is 0.441. The number of rotatable bonds is 3. The standard InChI is InChI=1S/C15H13FN2O/c1-10(18)12-5-6-15(14(16)8-12)19-13-4-2-3-11(7-13)9-17/h2-8,10H,18H2,1H3. The van der Waals surface area contributed by atoms with Crippen LogP contribution in [0.1, 0.15) is 24.1 Å². The average molecular weight is 256 g/mol. The van der Waals surface area contributed by atoms with Crippen LogP contribution < -0.4 is 10.5 Å².